The minimum atomic E-state index is -3.19. The first-order valence-corrected chi connectivity index (χ1v) is 13.7. The van der Waals surface area contributed by atoms with E-state index in [2.05, 4.69) is 15.3 Å². The molecule has 0 saturated carbocycles. The molecule has 2 fully saturated rings. The first kappa shape index (κ1) is 21.5. The second-order valence-electron chi connectivity index (χ2n) is 8.92. The van der Waals surface area contributed by atoms with Gasteiger partial charge < -0.3 is 5.32 Å². The number of likely N-dealkylation sites (tertiary alicyclic amines) is 1. The molecule has 5 heterocycles. The van der Waals surface area contributed by atoms with Crippen molar-refractivity contribution in [2.75, 3.05) is 24.6 Å². The van der Waals surface area contributed by atoms with Crippen molar-refractivity contribution in [2.45, 2.75) is 44.8 Å². The quantitative estimate of drug-likeness (QED) is 0.612. The Balaban J connectivity index is 1.52. The van der Waals surface area contributed by atoms with Crippen LogP contribution in [0.5, 0.6) is 0 Å². The van der Waals surface area contributed by atoms with Gasteiger partial charge in [-0.05, 0) is 57.3 Å². The molecule has 0 bridgehead atoms. The van der Waals surface area contributed by atoms with Gasteiger partial charge in [0.15, 0.2) is 15.5 Å². The van der Waals surface area contributed by atoms with Gasteiger partial charge >= 0.3 is 0 Å². The zero-order valence-electron chi connectivity index (χ0n) is 18.2. The van der Waals surface area contributed by atoms with Gasteiger partial charge in [0.1, 0.15) is 0 Å². The number of aromatic nitrogens is 3. The van der Waals surface area contributed by atoms with E-state index in [9.17, 15) is 13.2 Å². The fourth-order valence-corrected chi connectivity index (χ4v) is 7.42. The number of fused-ring (bicyclic) bond motifs is 1. The van der Waals surface area contributed by atoms with Gasteiger partial charge in [-0.25, -0.2) is 18.1 Å². The number of nitrogens with zero attached hydrogens (tertiary/aromatic N) is 4. The molecule has 2 aliphatic heterocycles. The molecule has 3 aromatic rings. The highest BCUT2D eigenvalue weighted by molar-refractivity contribution is 7.91. The summed E-state index contributed by atoms with van der Waals surface area (Å²) in [5.41, 5.74) is 1.86. The van der Waals surface area contributed by atoms with E-state index in [1.807, 2.05) is 36.0 Å². The predicted octanol–water partition coefficient (Wildman–Crippen LogP) is 2.73. The van der Waals surface area contributed by atoms with E-state index in [4.69, 9.17) is 4.98 Å². The standard InChI is InChI=1S/C22H27N5O3S2/c1-14(2)27-21-16(11-23-27)15(10-17(24-21)20-6-5-9-31-20)22(28)25-18-12-32(29,30)13-19(18)26-7-3-4-8-26/h5-6,9-11,14,18-19H,3-4,7-8,12-13H2,1-2H3,(H,25,28). The normalized spacial score (nSPS) is 23.3. The molecule has 2 atom stereocenters. The number of thiophene rings is 1. The molecule has 32 heavy (non-hydrogen) atoms. The van der Waals surface area contributed by atoms with E-state index in [-0.39, 0.29) is 29.5 Å². The van der Waals surface area contributed by atoms with E-state index >= 15 is 0 Å². The summed E-state index contributed by atoms with van der Waals surface area (Å²) < 4.78 is 26.7. The Hall–Kier alpha value is -2.30. The lowest BCUT2D eigenvalue weighted by molar-refractivity contribution is 0.0920. The Morgan fingerprint density at radius 2 is 2.03 bits per heavy atom. The monoisotopic (exact) mass is 473 g/mol. The number of hydrogen-bond donors (Lipinski definition) is 1. The van der Waals surface area contributed by atoms with Crippen LogP contribution in [0.25, 0.3) is 21.6 Å². The molecule has 0 radical (unpaired) electrons. The zero-order valence-corrected chi connectivity index (χ0v) is 19.8. The number of carbonyl (C=O) groups excluding carboxylic acids is 1. The van der Waals surface area contributed by atoms with E-state index in [0.29, 0.717) is 16.6 Å². The summed E-state index contributed by atoms with van der Waals surface area (Å²) in [5.74, 6) is -0.183. The van der Waals surface area contributed by atoms with Crippen molar-refractivity contribution in [3.63, 3.8) is 0 Å². The molecule has 10 heteroatoms. The Labute approximate surface area is 191 Å². The van der Waals surface area contributed by atoms with Crippen molar-refractivity contribution in [1.82, 2.24) is 25.0 Å². The zero-order chi connectivity index (χ0) is 22.5. The molecule has 1 amide bonds. The van der Waals surface area contributed by atoms with Crippen LogP contribution in [0.2, 0.25) is 0 Å². The third-order valence-corrected chi connectivity index (χ3v) is 8.93. The first-order valence-electron chi connectivity index (χ1n) is 11.0. The number of pyridine rings is 1. The summed E-state index contributed by atoms with van der Waals surface area (Å²) in [5, 5.41) is 10.2. The van der Waals surface area contributed by atoms with Crippen molar-refractivity contribution < 1.29 is 13.2 Å². The summed E-state index contributed by atoms with van der Waals surface area (Å²) in [6, 6.07) is 5.23. The maximum atomic E-state index is 13.5. The number of rotatable bonds is 5. The number of hydrogen-bond acceptors (Lipinski definition) is 7. The van der Waals surface area contributed by atoms with Crippen molar-refractivity contribution in [1.29, 1.82) is 0 Å². The highest BCUT2D eigenvalue weighted by Gasteiger charge is 2.42. The predicted molar refractivity (Wildman–Crippen MR) is 126 cm³/mol. The van der Waals surface area contributed by atoms with Gasteiger partial charge in [0.05, 0.1) is 45.3 Å². The number of amides is 1. The van der Waals surface area contributed by atoms with E-state index in [0.717, 1.165) is 36.5 Å². The Kier molecular flexibility index (Phi) is 5.55. The van der Waals surface area contributed by atoms with Gasteiger partial charge in [-0.15, -0.1) is 11.3 Å². The fraction of sp³-hybridized carbons (Fsp3) is 0.500. The van der Waals surface area contributed by atoms with Gasteiger partial charge in [0, 0.05) is 12.1 Å². The average Bonchev–Trinajstić information content (AvgIpc) is 3.53. The van der Waals surface area contributed by atoms with Crippen LogP contribution in [-0.2, 0) is 9.84 Å². The van der Waals surface area contributed by atoms with Crippen LogP contribution < -0.4 is 5.32 Å². The van der Waals surface area contributed by atoms with E-state index in [1.54, 1.807) is 23.6 Å². The maximum absolute atomic E-state index is 13.5. The second kappa shape index (κ2) is 8.24. The second-order valence-corrected chi connectivity index (χ2v) is 12.0. The minimum absolute atomic E-state index is 0.0167. The summed E-state index contributed by atoms with van der Waals surface area (Å²) in [7, 11) is -3.19. The van der Waals surface area contributed by atoms with E-state index < -0.39 is 15.9 Å². The fourth-order valence-electron chi connectivity index (χ4n) is 4.78. The molecule has 3 aromatic heterocycles. The molecule has 0 spiro atoms. The van der Waals surface area contributed by atoms with Crippen molar-refractivity contribution in [2.24, 2.45) is 0 Å². The molecule has 0 aromatic carbocycles. The summed E-state index contributed by atoms with van der Waals surface area (Å²) in [6.45, 7) is 5.82. The topological polar surface area (TPSA) is 97.2 Å². The Morgan fingerprint density at radius 1 is 1.25 bits per heavy atom. The van der Waals surface area contributed by atoms with Crippen LogP contribution in [-0.4, -0.2) is 70.7 Å². The molecule has 2 saturated heterocycles. The average molecular weight is 474 g/mol. The largest absolute Gasteiger partial charge is 0.347 e. The summed E-state index contributed by atoms with van der Waals surface area (Å²) >= 11 is 1.56. The molecule has 170 valence electrons. The third kappa shape index (κ3) is 3.95. The lowest BCUT2D eigenvalue weighted by Gasteiger charge is -2.28. The molecular weight excluding hydrogens is 446 g/mol. The molecule has 2 aliphatic rings. The smallest absolute Gasteiger partial charge is 0.252 e. The van der Waals surface area contributed by atoms with Gasteiger partial charge in [0.25, 0.3) is 5.91 Å². The van der Waals surface area contributed by atoms with Gasteiger partial charge in [-0.2, -0.15) is 5.10 Å². The lowest BCUT2D eigenvalue weighted by Crippen LogP contribution is -2.50. The van der Waals surface area contributed by atoms with Crippen molar-refractivity contribution in [3.8, 4) is 10.6 Å². The molecule has 2 unspecified atom stereocenters. The van der Waals surface area contributed by atoms with Gasteiger partial charge in [0.2, 0.25) is 0 Å². The molecular formula is C22H27N5O3S2. The number of sulfone groups is 1. The van der Waals surface area contributed by atoms with Crippen LogP contribution in [0.3, 0.4) is 0 Å². The lowest BCUT2D eigenvalue weighted by atomic mass is 10.1. The summed E-state index contributed by atoms with van der Waals surface area (Å²) in [4.78, 5) is 21.5. The van der Waals surface area contributed by atoms with Crippen LogP contribution in [0.1, 0.15) is 43.1 Å². The summed E-state index contributed by atoms with van der Waals surface area (Å²) in [6.07, 6.45) is 3.82. The van der Waals surface area contributed by atoms with Crippen LogP contribution >= 0.6 is 11.3 Å². The first-order chi connectivity index (χ1) is 15.3. The van der Waals surface area contributed by atoms with Crippen molar-refractivity contribution >= 4 is 38.1 Å². The SMILES string of the molecule is CC(C)n1ncc2c(C(=O)NC3CS(=O)(=O)CC3N3CCCC3)cc(-c3cccs3)nc21. The number of carbonyl (C=O) groups is 1. The van der Waals surface area contributed by atoms with Crippen LogP contribution in [0.4, 0.5) is 0 Å². The van der Waals surface area contributed by atoms with Crippen LogP contribution in [0, 0.1) is 0 Å². The van der Waals surface area contributed by atoms with Gasteiger partial charge in [-0.1, -0.05) is 6.07 Å². The van der Waals surface area contributed by atoms with Crippen LogP contribution in [0.15, 0.2) is 29.8 Å². The van der Waals surface area contributed by atoms with E-state index in [1.165, 1.54) is 0 Å². The third-order valence-electron chi connectivity index (χ3n) is 6.32. The molecule has 1 N–H and O–H groups in total. The van der Waals surface area contributed by atoms with Gasteiger partial charge in [-0.3, -0.25) is 9.69 Å². The molecule has 5 rings (SSSR count). The highest BCUT2D eigenvalue weighted by Crippen LogP contribution is 2.29. The Bertz CT molecular complexity index is 1240. The Morgan fingerprint density at radius 3 is 2.72 bits per heavy atom. The molecule has 0 aliphatic carbocycles. The van der Waals surface area contributed by atoms with Crippen molar-refractivity contribution in [3.05, 3.63) is 35.3 Å². The highest BCUT2D eigenvalue weighted by atomic mass is 32.2. The minimum Gasteiger partial charge on any atom is -0.347 e. The number of nitrogens with one attached hydrogen (secondary N) is 1. The maximum Gasteiger partial charge on any atom is 0.252 e. The molecule has 8 nitrogen and oxygen atoms in total.